The molecule has 1 saturated heterocycles. The Morgan fingerprint density at radius 1 is 1.50 bits per heavy atom. The highest BCUT2D eigenvalue weighted by Gasteiger charge is 2.21. The van der Waals surface area contributed by atoms with Crippen molar-refractivity contribution in [2.45, 2.75) is 18.9 Å². The Balaban J connectivity index is 1.78. The number of hydrogen-bond acceptors (Lipinski definition) is 6. The summed E-state index contributed by atoms with van der Waals surface area (Å²) in [6, 6.07) is 5.92. The Kier molecular flexibility index (Phi) is 6.11. The summed E-state index contributed by atoms with van der Waals surface area (Å²) in [4.78, 5) is 12.3. The van der Waals surface area contributed by atoms with Crippen molar-refractivity contribution in [2.75, 3.05) is 32.8 Å². The third-order valence-electron chi connectivity index (χ3n) is 3.80. The van der Waals surface area contributed by atoms with E-state index in [1.165, 1.54) is 12.1 Å². The Morgan fingerprint density at radius 2 is 2.32 bits per heavy atom. The zero-order valence-corrected chi connectivity index (χ0v) is 12.4. The molecule has 1 aliphatic rings. The molecule has 0 unspecified atom stereocenters. The van der Waals surface area contributed by atoms with Gasteiger partial charge >= 0.3 is 0 Å². The van der Waals surface area contributed by atoms with E-state index in [1.807, 2.05) is 0 Å². The van der Waals surface area contributed by atoms with Crippen LogP contribution in [0.5, 0.6) is 5.75 Å². The van der Waals surface area contributed by atoms with Gasteiger partial charge in [-0.2, -0.15) is 0 Å². The lowest BCUT2D eigenvalue weighted by Crippen LogP contribution is -2.42. The van der Waals surface area contributed by atoms with E-state index in [9.17, 15) is 20.3 Å². The van der Waals surface area contributed by atoms with Crippen LogP contribution in [0.4, 0.5) is 5.69 Å². The van der Waals surface area contributed by atoms with Gasteiger partial charge in [0, 0.05) is 25.8 Å². The van der Waals surface area contributed by atoms with Crippen LogP contribution in [0, 0.1) is 16.0 Å². The largest absolute Gasteiger partial charge is 0.491 e. The summed E-state index contributed by atoms with van der Waals surface area (Å²) in [7, 11) is 0. The van der Waals surface area contributed by atoms with Crippen molar-refractivity contribution >= 4 is 5.69 Å². The number of nitro groups is 1. The molecule has 7 nitrogen and oxygen atoms in total. The van der Waals surface area contributed by atoms with Crippen LogP contribution in [0.15, 0.2) is 24.3 Å². The van der Waals surface area contributed by atoms with Gasteiger partial charge in [-0.1, -0.05) is 6.07 Å². The molecule has 1 aromatic rings. The number of nitro benzene ring substituents is 1. The lowest BCUT2D eigenvalue weighted by molar-refractivity contribution is -0.384. The van der Waals surface area contributed by atoms with Crippen molar-refractivity contribution in [3.63, 3.8) is 0 Å². The molecule has 0 radical (unpaired) electrons. The highest BCUT2D eigenvalue weighted by molar-refractivity contribution is 5.37. The summed E-state index contributed by atoms with van der Waals surface area (Å²) in [5.74, 6) is 0.652. The third kappa shape index (κ3) is 4.94. The van der Waals surface area contributed by atoms with Gasteiger partial charge in [0.1, 0.15) is 18.5 Å². The number of nitrogens with zero attached hydrogens (tertiary/aromatic N) is 2. The highest BCUT2D eigenvalue weighted by Crippen LogP contribution is 2.20. The average molecular weight is 310 g/mol. The van der Waals surface area contributed by atoms with E-state index in [0.29, 0.717) is 12.3 Å². The lowest BCUT2D eigenvalue weighted by atomic mass is 9.99. The first-order chi connectivity index (χ1) is 10.6. The average Bonchev–Trinajstić information content (AvgIpc) is 2.53. The second-order valence-electron chi connectivity index (χ2n) is 5.67. The normalized spacial score (nSPS) is 20.5. The van der Waals surface area contributed by atoms with Crippen molar-refractivity contribution in [3.8, 4) is 5.75 Å². The van der Waals surface area contributed by atoms with Crippen LogP contribution in [0.3, 0.4) is 0 Å². The second-order valence-corrected chi connectivity index (χ2v) is 5.67. The van der Waals surface area contributed by atoms with Gasteiger partial charge in [-0.05, 0) is 31.4 Å². The standard InChI is InChI=1S/C15H22N2O5/c18-10-12-3-2-6-16(8-12)9-14(19)11-22-15-5-1-4-13(7-15)17(20)21/h1,4-5,7,12,14,18-19H,2-3,6,8-11H2/t12-,14-/m1/s1. The molecule has 0 saturated carbocycles. The fourth-order valence-corrected chi connectivity index (χ4v) is 2.70. The molecule has 122 valence electrons. The zero-order valence-electron chi connectivity index (χ0n) is 12.4. The summed E-state index contributed by atoms with van der Waals surface area (Å²) in [5.41, 5.74) is -0.0335. The molecular weight excluding hydrogens is 288 g/mol. The number of aliphatic hydroxyl groups excluding tert-OH is 2. The number of rotatable bonds is 7. The molecule has 1 heterocycles. The molecular formula is C15H22N2O5. The Bertz CT molecular complexity index is 497. The molecule has 1 aliphatic heterocycles. The highest BCUT2D eigenvalue weighted by atomic mass is 16.6. The van der Waals surface area contributed by atoms with E-state index in [0.717, 1.165) is 25.9 Å². The summed E-state index contributed by atoms with van der Waals surface area (Å²) in [5, 5.41) is 29.9. The number of piperidine rings is 1. The molecule has 0 spiro atoms. The molecule has 0 aromatic heterocycles. The quantitative estimate of drug-likeness (QED) is 0.577. The smallest absolute Gasteiger partial charge is 0.273 e. The van der Waals surface area contributed by atoms with Crippen molar-refractivity contribution in [1.29, 1.82) is 0 Å². The van der Waals surface area contributed by atoms with Crippen LogP contribution < -0.4 is 4.74 Å². The van der Waals surface area contributed by atoms with Crippen LogP contribution in [0.1, 0.15) is 12.8 Å². The maximum atomic E-state index is 10.7. The number of non-ortho nitro benzene ring substituents is 1. The Labute approximate surface area is 129 Å². The minimum atomic E-state index is -0.670. The van der Waals surface area contributed by atoms with E-state index in [-0.39, 0.29) is 24.8 Å². The number of aliphatic hydroxyl groups is 2. The molecule has 2 atom stereocenters. The van der Waals surface area contributed by atoms with Crippen LogP contribution in [-0.4, -0.2) is 59.0 Å². The van der Waals surface area contributed by atoms with Gasteiger partial charge in [0.15, 0.2) is 0 Å². The SMILES string of the molecule is O=[N+]([O-])c1cccc(OC[C@H](O)CN2CCC[C@@H](CO)C2)c1. The van der Waals surface area contributed by atoms with Crippen LogP contribution in [0.25, 0.3) is 0 Å². The van der Waals surface area contributed by atoms with Gasteiger partial charge in [-0.15, -0.1) is 0 Å². The maximum Gasteiger partial charge on any atom is 0.273 e. The zero-order chi connectivity index (χ0) is 15.9. The summed E-state index contributed by atoms with van der Waals surface area (Å²) in [6.45, 7) is 2.43. The predicted molar refractivity (Wildman–Crippen MR) is 80.8 cm³/mol. The molecule has 0 amide bonds. The van der Waals surface area contributed by atoms with E-state index in [1.54, 1.807) is 12.1 Å². The molecule has 0 aliphatic carbocycles. The van der Waals surface area contributed by atoms with Crippen LogP contribution in [-0.2, 0) is 0 Å². The number of ether oxygens (including phenoxy) is 1. The van der Waals surface area contributed by atoms with Gasteiger partial charge in [0.2, 0.25) is 0 Å². The first-order valence-electron chi connectivity index (χ1n) is 7.47. The minimum absolute atomic E-state index is 0.0335. The predicted octanol–water partition coefficient (Wildman–Crippen LogP) is 1.04. The van der Waals surface area contributed by atoms with E-state index >= 15 is 0 Å². The Hall–Kier alpha value is -1.70. The first kappa shape index (κ1) is 16.7. The van der Waals surface area contributed by atoms with Crippen LogP contribution >= 0.6 is 0 Å². The van der Waals surface area contributed by atoms with Crippen molar-refractivity contribution < 1.29 is 19.9 Å². The molecule has 7 heteroatoms. The molecule has 0 bridgehead atoms. The van der Waals surface area contributed by atoms with Gasteiger partial charge in [-0.25, -0.2) is 0 Å². The van der Waals surface area contributed by atoms with Gasteiger partial charge in [0.25, 0.3) is 5.69 Å². The van der Waals surface area contributed by atoms with Crippen molar-refractivity contribution in [2.24, 2.45) is 5.92 Å². The van der Waals surface area contributed by atoms with E-state index in [2.05, 4.69) is 4.90 Å². The minimum Gasteiger partial charge on any atom is -0.491 e. The van der Waals surface area contributed by atoms with Gasteiger partial charge in [-0.3, -0.25) is 10.1 Å². The third-order valence-corrected chi connectivity index (χ3v) is 3.80. The lowest BCUT2D eigenvalue weighted by Gasteiger charge is -2.32. The molecule has 2 N–H and O–H groups in total. The van der Waals surface area contributed by atoms with Crippen molar-refractivity contribution in [3.05, 3.63) is 34.4 Å². The molecule has 22 heavy (non-hydrogen) atoms. The topological polar surface area (TPSA) is 96.1 Å². The monoisotopic (exact) mass is 310 g/mol. The maximum absolute atomic E-state index is 10.7. The number of β-amino-alcohol motifs (C(OH)–C–C–N with tert-alkyl or cyclic N) is 1. The van der Waals surface area contributed by atoms with E-state index < -0.39 is 11.0 Å². The van der Waals surface area contributed by atoms with Crippen molar-refractivity contribution in [1.82, 2.24) is 4.90 Å². The summed E-state index contributed by atoms with van der Waals surface area (Å²) < 4.78 is 5.42. The van der Waals surface area contributed by atoms with Crippen LogP contribution in [0.2, 0.25) is 0 Å². The number of likely N-dealkylation sites (tertiary alicyclic amines) is 1. The van der Waals surface area contributed by atoms with Gasteiger partial charge in [0.05, 0.1) is 11.0 Å². The van der Waals surface area contributed by atoms with E-state index in [4.69, 9.17) is 4.74 Å². The Morgan fingerprint density at radius 3 is 3.05 bits per heavy atom. The summed E-state index contributed by atoms with van der Waals surface area (Å²) >= 11 is 0. The fraction of sp³-hybridized carbons (Fsp3) is 0.600. The van der Waals surface area contributed by atoms with Gasteiger partial charge < -0.3 is 19.8 Å². The molecule has 1 aromatic carbocycles. The number of benzene rings is 1. The fourth-order valence-electron chi connectivity index (χ4n) is 2.70. The second kappa shape index (κ2) is 8.07. The first-order valence-corrected chi connectivity index (χ1v) is 7.47. The molecule has 2 rings (SSSR count). The summed E-state index contributed by atoms with van der Waals surface area (Å²) in [6.07, 6.45) is 1.37. The number of hydrogen-bond donors (Lipinski definition) is 2. The molecule has 1 fully saturated rings.